The van der Waals surface area contributed by atoms with Gasteiger partial charge < -0.3 is 16.1 Å². The first kappa shape index (κ1) is 18.5. The van der Waals surface area contributed by atoms with Gasteiger partial charge in [0.1, 0.15) is 0 Å². The number of para-hydroxylation sites is 1. The molecular weight excluding hydrogens is 292 g/mol. The molecule has 0 aliphatic carbocycles. The molecule has 126 valence electrons. The van der Waals surface area contributed by atoms with Crippen LogP contribution < -0.4 is 16.6 Å². The van der Waals surface area contributed by atoms with Gasteiger partial charge in [-0.05, 0) is 46.8 Å². The highest BCUT2D eigenvalue weighted by Gasteiger charge is 2.18. The van der Waals surface area contributed by atoms with Gasteiger partial charge in [0.05, 0.1) is 5.56 Å². The summed E-state index contributed by atoms with van der Waals surface area (Å²) in [6.07, 6.45) is 1.47. The first-order chi connectivity index (χ1) is 10.7. The van der Waals surface area contributed by atoms with Gasteiger partial charge in [-0.15, -0.1) is 0 Å². The Morgan fingerprint density at radius 3 is 2.17 bits per heavy atom. The van der Waals surface area contributed by atoms with Crippen LogP contribution in [0.4, 0.5) is 5.69 Å². The van der Waals surface area contributed by atoms with E-state index < -0.39 is 0 Å². The second kappa shape index (κ2) is 8.22. The first-order valence-corrected chi connectivity index (χ1v) is 7.65. The van der Waals surface area contributed by atoms with Gasteiger partial charge in [-0.3, -0.25) is 15.0 Å². The highest BCUT2D eigenvalue weighted by Crippen LogP contribution is 2.10. The van der Waals surface area contributed by atoms with Crippen LogP contribution in [-0.2, 0) is 4.79 Å². The van der Waals surface area contributed by atoms with E-state index in [0.717, 1.165) is 0 Å². The second-order valence-electron chi connectivity index (χ2n) is 5.93. The predicted molar refractivity (Wildman–Crippen MR) is 92.3 cm³/mol. The molecule has 0 spiro atoms. The van der Waals surface area contributed by atoms with Gasteiger partial charge in [-0.1, -0.05) is 12.1 Å². The molecule has 6 heteroatoms. The van der Waals surface area contributed by atoms with Crippen LogP contribution in [0.2, 0.25) is 0 Å². The van der Waals surface area contributed by atoms with E-state index in [1.165, 1.54) is 6.08 Å². The number of nitrogens with two attached hydrogens (primary N) is 1. The van der Waals surface area contributed by atoms with E-state index in [2.05, 4.69) is 10.9 Å². The number of nitrogens with one attached hydrogen (secondary N) is 2. The number of nitrogens with zero attached hydrogens (tertiary/aromatic N) is 1. The summed E-state index contributed by atoms with van der Waals surface area (Å²) in [6.45, 7) is 9.58. The van der Waals surface area contributed by atoms with Crippen LogP contribution in [0.15, 0.2) is 36.0 Å². The molecule has 0 aliphatic heterocycles. The van der Waals surface area contributed by atoms with Crippen LogP contribution in [-0.4, -0.2) is 28.8 Å². The van der Waals surface area contributed by atoms with Gasteiger partial charge in [-0.25, -0.2) is 0 Å². The maximum atomic E-state index is 12.3. The third-order valence-electron chi connectivity index (χ3n) is 3.29. The summed E-state index contributed by atoms with van der Waals surface area (Å²) in [5.74, 6) is -0.457. The number of nitrogen functional groups attached to an aromatic ring is 1. The molecule has 0 heterocycles. The van der Waals surface area contributed by atoms with Crippen LogP contribution in [0.1, 0.15) is 45.0 Å². The van der Waals surface area contributed by atoms with E-state index in [-0.39, 0.29) is 23.9 Å². The Morgan fingerprint density at radius 2 is 1.65 bits per heavy atom. The summed E-state index contributed by atoms with van der Waals surface area (Å²) in [4.78, 5) is 26.1. The number of rotatable bonds is 6. The number of allylic oxidation sites excluding steroid dienone is 1. The second-order valence-corrected chi connectivity index (χ2v) is 5.93. The van der Waals surface area contributed by atoms with E-state index in [1.54, 1.807) is 36.1 Å². The van der Waals surface area contributed by atoms with Crippen LogP contribution in [0, 0.1) is 0 Å². The van der Waals surface area contributed by atoms with Gasteiger partial charge in [0, 0.05) is 29.5 Å². The average Bonchev–Trinajstić information content (AvgIpc) is 2.44. The van der Waals surface area contributed by atoms with E-state index in [9.17, 15) is 9.59 Å². The maximum absolute atomic E-state index is 12.3. The summed E-state index contributed by atoms with van der Waals surface area (Å²) in [6, 6.07) is 6.99. The molecule has 2 amide bonds. The normalized spacial score (nSPS) is 11.5. The average molecular weight is 318 g/mol. The number of benzene rings is 1. The molecule has 0 unspecified atom stereocenters. The molecular formula is C17H26N4O2. The standard InChI is InChI=1S/C17H26N4O2/c1-11(2)21(12(3)4)16(22)10-13(5)19-20-17(23)14-8-6-7-9-15(14)18/h6-12,19H,18H2,1-5H3,(H,20,23). The lowest BCUT2D eigenvalue weighted by Crippen LogP contribution is -2.42. The summed E-state index contributed by atoms with van der Waals surface area (Å²) < 4.78 is 0. The van der Waals surface area contributed by atoms with E-state index >= 15 is 0 Å². The van der Waals surface area contributed by atoms with Crippen molar-refractivity contribution < 1.29 is 9.59 Å². The Balaban J connectivity index is 2.69. The van der Waals surface area contributed by atoms with Crippen molar-refractivity contribution >= 4 is 17.5 Å². The van der Waals surface area contributed by atoms with Crippen molar-refractivity contribution in [2.45, 2.75) is 46.7 Å². The molecule has 4 N–H and O–H groups in total. The van der Waals surface area contributed by atoms with E-state index in [1.807, 2.05) is 27.7 Å². The van der Waals surface area contributed by atoms with Gasteiger partial charge >= 0.3 is 0 Å². The minimum atomic E-state index is -0.354. The molecule has 23 heavy (non-hydrogen) atoms. The van der Waals surface area contributed by atoms with Gasteiger partial charge in [0.2, 0.25) is 5.91 Å². The minimum Gasteiger partial charge on any atom is -0.398 e. The number of anilines is 1. The first-order valence-electron chi connectivity index (χ1n) is 7.65. The van der Waals surface area contributed by atoms with Crippen molar-refractivity contribution in [2.75, 3.05) is 5.73 Å². The van der Waals surface area contributed by atoms with Crippen molar-refractivity contribution in [1.82, 2.24) is 15.8 Å². The smallest absolute Gasteiger partial charge is 0.271 e. The largest absolute Gasteiger partial charge is 0.398 e. The molecule has 0 bridgehead atoms. The molecule has 0 aliphatic rings. The predicted octanol–water partition coefficient (Wildman–Crippen LogP) is 2.05. The third kappa shape index (κ3) is 5.32. The van der Waals surface area contributed by atoms with Crippen LogP contribution >= 0.6 is 0 Å². The Morgan fingerprint density at radius 1 is 1.09 bits per heavy atom. The van der Waals surface area contributed by atoms with E-state index in [0.29, 0.717) is 16.9 Å². The lowest BCUT2D eigenvalue weighted by molar-refractivity contribution is -0.129. The molecule has 1 rings (SSSR count). The summed E-state index contributed by atoms with van der Waals surface area (Å²) >= 11 is 0. The molecule has 0 radical (unpaired) electrons. The fraction of sp³-hybridized carbons (Fsp3) is 0.412. The SMILES string of the molecule is CC(=CC(=O)N(C(C)C)C(C)C)NNC(=O)c1ccccc1N. The number of amides is 2. The molecule has 6 nitrogen and oxygen atoms in total. The Labute approximate surface area is 137 Å². The van der Waals surface area contributed by atoms with Gasteiger partial charge in [0.15, 0.2) is 0 Å². The molecule has 0 atom stereocenters. The van der Waals surface area contributed by atoms with Crippen molar-refractivity contribution in [3.8, 4) is 0 Å². The fourth-order valence-corrected chi connectivity index (χ4v) is 2.33. The van der Waals surface area contributed by atoms with Crippen molar-refractivity contribution in [3.05, 3.63) is 41.6 Å². The molecule has 1 aromatic carbocycles. The molecule has 0 aromatic heterocycles. The summed E-state index contributed by atoms with van der Waals surface area (Å²) in [5.41, 5.74) is 12.3. The molecule has 0 saturated carbocycles. The third-order valence-corrected chi connectivity index (χ3v) is 3.29. The van der Waals surface area contributed by atoms with Crippen molar-refractivity contribution in [2.24, 2.45) is 0 Å². The number of hydrazine groups is 1. The lowest BCUT2D eigenvalue weighted by Gasteiger charge is -2.29. The number of hydrogen-bond donors (Lipinski definition) is 3. The highest BCUT2D eigenvalue weighted by molar-refractivity contribution is 5.98. The van der Waals surface area contributed by atoms with Crippen LogP contribution in [0.3, 0.4) is 0 Å². The monoisotopic (exact) mass is 318 g/mol. The fourth-order valence-electron chi connectivity index (χ4n) is 2.33. The Bertz CT molecular complexity index is 586. The molecule has 0 saturated heterocycles. The Kier molecular flexibility index (Phi) is 6.63. The van der Waals surface area contributed by atoms with Crippen LogP contribution in [0.5, 0.6) is 0 Å². The van der Waals surface area contributed by atoms with Gasteiger partial charge in [-0.2, -0.15) is 0 Å². The summed E-state index contributed by atoms with van der Waals surface area (Å²) in [5, 5.41) is 0. The zero-order chi connectivity index (χ0) is 17.6. The summed E-state index contributed by atoms with van der Waals surface area (Å²) in [7, 11) is 0. The van der Waals surface area contributed by atoms with E-state index in [4.69, 9.17) is 5.73 Å². The zero-order valence-electron chi connectivity index (χ0n) is 14.4. The molecule has 1 aromatic rings. The number of carbonyl (C=O) groups is 2. The van der Waals surface area contributed by atoms with Crippen molar-refractivity contribution in [1.29, 1.82) is 0 Å². The molecule has 0 fully saturated rings. The quantitative estimate of drug-likeness (QED) is 0.425. The number of hydrogen-bond acceptors (Lipinski definition) is 4. The zero-order valence-corrected chi connectivity index (χ0v) is 14.4. The maximum Gasteiger partial charge on any atom is 0.271 e. The Hall–Kier alpha value is -2.50. The lowest BCUT2D eigenvalue weighted by atomic mass is 10.2. The topological polar surface area (TPSA) is 87.5 Å². The highest BCUT2D eigenvalue weighted by atomic mass is 16.2. The number of carbonyl (C=O) groups excluding carboxylic acids is 2. The minimum absolute atomic E-state index is 0.102. The van der Waals surface area contributed by atoms with Gasteiger partial charge in [0.25, 0.3) is 5.91 Å². The van der Waals surface area contributed by atoms with Crippen molar-refractivity contribution in [3.63, 3.8) is 0 Å². The van der Waals surface area contributed by atoms with Crippen LogP contribution in [0.25, 0.3) is 0 Å².